The number of carbonyl (C=O) groups is 3. The SMILES string of the molecule is CCCCCCC/C=C\C/C=C\CCCCCCCCCCCCCC(=O)OC(COC(=O)CCCCCCCC)COC(=O)CCCCCCCCCCCCCCCCCCCCCCCCCCCCCCCCCC. The van der Waals surface area contributed by atoms with E-state index in [-0.39, 0.29) is 31.1 Å². The quantitative estimate of drug-likeness (QED) is 0.0261. The summed E-state index contributed by atoms with van der Waals surface area (Å²) < 4.78 is 16.9. The van der Waals surface area contributed by atoms with E-state index in [9.17, 15) is 14.4 Å². The monoisotopic (exact) mass is 1110 g/mol. The third kappa shape index (κ3) is 66.6. The van der Waals surface area contributed by atoms with Crippen LogP contribution < -0.4 is 0 Å². The van der Waals surface area contributed by atoms with Gasteiger partial charge in [-0.2, -0.15) is 0 Å². The Labute approximate surface area is 493 Å². The fraction of sp³-hybridized carbons (Fsp3) is 0.904. The Kier molecular flexibility index (Phi) is 66.6. The van der Waals surface area contributed by atoms with Crippen LogP contribution in [-0.4, -0.2) is 37.2 Å². The van der Waals surface area contributed by atoms with E-state index in [4.69, 9.17) is 14.2 Å². The third-order valence-corrected chi connectivity index (χ3v) is 16.5. The zero-order chi connectivity index (χ0) is 57.1. The molecule has 6 nitrogen and oxygen atoms in total. The lowest BCUT2D eigenvalue weighted by Gasteiger charge is -2.18. The van der Waals surface area contributed by atoms with Crippen molar-refractivity contribution in [1.29, 1.82) is 0 Å². The largest absolute Gasteiger partial charge is 0.462 e. The van der Waals surface area contributed by atoms with Gasteiger partial charge in [-0.05, 0) is 51.4 Å². The van der Waals surface area contributed by atoms with E-state index in [0.717, 1.165) is 64.2 Å². The van der Waals surface area contributed by atoms with Crippen LogP contribution in [0.25, 0.3) is 0 Å². The molecule has 0 radical (unpaired) electrons. The van der Waals surface area contributed by atoms with Crippen LogP contribution in [0, 0.1) is 0 Å². The number of ether oxygens (including phenoxy) is 3. The molecule has 0 aliphatic heterocycles. The fourth-order valence-corrected chi connectivity index (χ4v) is 11.1. The van der Waals surface area contributed by atoms with Gasteiger partial charge in [0, 0.05) is 19.3 Å². The van der Waals surface area contributed by atoms with Crippen LogP contribution in [-0.2, 0) is 28.6 Å². The molecule has 0 N–H and O–H groups in total. The van der Waals surface area contributed by atoms with Crippen molar-refractivity contribution in [2.45, 2.75) is 412 Å². The lowest BCUT2D eigenvalue weighted by molar-refractivity contribution is -0.167. The molecule has 0 heterocycles. The Morgan fingerprint density at radius 3 is 0.696 bits per heavy atom. The first kappa shape index (κ1) is 76.9. The van der Waals surface area contributed by atoms with Crippen molar-refractivity contribution in [1.82, 2.24) is 0 Å². The van der Waals surface area contributed by atoms with E-state index in [1.807, 2.05) is 0 Å². The van der Waals surface area contributed by atoms with Gasteiger partial charge in [-0.1, -0.05) is 360 Å². The molecule has 6 heteroatoms. The van der Waals surface area contributed by atoms with Crippen LogP contribution in [0.3, 0.4) is 0 Å². The lowest BCUT2D eigenvalue weighted by Crippen LogP contribution is -2.30. The second kappa shape index (κ2) is 68.4. The predicted octanol–water partition coefficient (Wildman–Crippen LogP) is 24.6. The van der Waals surface area contributed by atoms with E-state index in [0.29, 0.717) is 19.3 Å². The third-order valence-electron chi connectivity index (χ3n) is 16.5. The van der Waals surface area contributed by atoms with Crippen molar-refractivity contribution in [3.63, 3.8) is 0 Å². The lowest BCUT2D eigenvalue weighted by atomic mass is 10.0. The van der Waals surface area contributed by atoms with E-state index < -0.39 is 6.10 Å². The molecule has 0 saturated carbocycles. The number of esters is 3. The van der Waals surface area contributed by atoms with Gasteiger partial charge >= 0.3 is 17.9 Å². The number of hydrogen-bond acceptors (Lipinski definition) is 6. The number of rotatable bonds is 67. The minimum atomic E-state index is -0.767. The van der Waals surface area contributed by atoms with Crippen molar-refractivity contribution in [3.8, 4) is 0 Å². The molecule has 0 saturated heterocycles. The molecule has 0 aliphatic carbocycles. The van der Waals surface area contributed by atoms with Gasteiger partial charge in [-0.25, -0.2) is 0 Å². The van der Waals surface area contributed by atoms with E-state index in [2.05, 4.69) is 45.1 Å². The molecular formula is C73H138O6. The number of unbranched alkanes of at least 4 members (excludes halogenated alkanes) is 52. The first-order valence-electron chi connectivity index (χ1n) is 35.8. The second-order valence-corrected chi connectivity index (χ2v) is 24.5. The Balaban J connectivity index is 3.93. The number of hydrogen-bond donors (Lipinski definition) is 0. The summed E-state index contributed by atoms with van der Waals surface area (Å²) in [6.45, 7) is 6.64. The Morgan fingerprint density at radius 1 is 0.253 bits per heavy atom. The summed E-state index contributed by atoms with van der Waals surface area (Å²) in [7, 11) is 0. The van der Waals surface area contributed by atoms with Crippen LogP contribution in [0.15, 0.2) is 24.3 Å². The summed E-state index contributed by atoms with van der Waals surface area (Å²) in [5, 5.41) is 0. The van der Waals surface area contributed by atoms with Gasteiger partial charge in [0.05, 0.1) is 0 Å². The molecule has 1 atom stereocenters. The second-order valence-electron chi connectivity index (χ2n) is 24.5. The van der Waals surface area contributed by atoms with Crippen molar-refractivity contribution in [2.75, 3.05) is 13.2 Å². The highest BCUT2D eigenvalue weighted by Crippen LogP contribution is 2.19. The van der Waals surface area contributed by atoms with Crippen LogP contribution in [0.1, 0.15) is 406 Å². The number of carbonyl (C=O) groups excluding carboxylic acids is 3. The normalized spacial score (nSPS) is 12.1. The predicted molar refractivity (Wildman–Crippen MR) is 344 cm³/mol. The maximum atomic E-state index is 12.9. The minimum Gasteiger partial charge on any atom is -0.462 e. The molecule has 1 unspecified atom stereocenters. The highest BCUT2D eigenvalue weighted by molar-refractivity contribution is 5.71. The average molecular weight is 1110 g/mol. The average Bonchev–Trinajstić information content (AvgIpc) is 3.45. The number of allylic oxidation sites excluding steroid dienone is 4. The standard InChI is InChI=1S/C73H138O6/c1-4-7-10-13-16-18-20-22-24-26-28-30-32-33-34-35-36-37-38-39-40-42-43-45-47-49-51-53-55-57-60-63-66-72(75)78-69-70(68-77-71(74)65-62-59-15-12-9-6-3)79-73(76)67-64-61-58-56-54-52-50-48-46-44-41-31-29-27-25-23-21-19-17-14-11-8-5-2/h21,23,27,29,70H,4-20,22,24-26,28,30-69H2,1-3H3/b23-21-,29-27-. The van der Waals surface area contributed by atoms with Gasteiger partial charge in [0.15, 0.2) is 6.10 Å². The summed E-state index contributed by atoms with van der Waals surface area (Å²) in [6.07, 6.45) is 84.1. The minimum absolute atomic E-state index is 0.0667. The van der Waals surface area contributed by atoms with Gasteiger partial charge < -0.3 is 14.2 Å². The van der Waals surface area contributed by atoms with E-state index in [1.165, 1.54) is 302 Å². The van der Waals surface area contributed by atoms with Gasteiger partial charge in [-0.3, -0.25) is 14.4 Å². The molecular weight excluding hydrogens is 973 g/mol. The van der Waals surface area contributed by atoms with Gasteiger partial charge in [0.2, 0.25) is 0 Å². The van der Waals surface area contributed by atoms with Crippen molar-refractivity contribution in [2.24, 2.45) is 0 Å². The summed E-state index contributed by atoms with van der Waals surface area (Å²) >= 11 is 0. The van der Waals surface area contributed by atoms with Crippen LogP contribution in [0.2, 0.25) is 0 Å². The summed E-state index contributed by atoms with van der Waals surface area (Å²) in [4.78, 5) is 38.1. The molecule has 0 aromatic carbocycles. The summed E-state index contributed by atoms with van der Waals surface area (Å²) in [6, 6.07) is 0. The molecule has 79 heavy (non-hydrogen) atoms. The fourth-order valence-electron chi connectivity index (χ4n) is 11.1. The molecule has 0 fully saturated rings. The molecule has 0 bridgehead atoms. The first-order valence-corrected chi connectivity index (χ1v) is 35.8. The van der Waals surface area contributed by atoms with Gasteiger partial charge in [-0.15, -0.1) is 0 Å². The molecule has 0 amide bonds. The smallest absolute Gasteiger partial charge is 0.306 e. The molecule has 0 aliphatic rings. The van der Waals surface area contributed by atoms with E-state index >= 15 is 0 Å². The zero-order valence-electron chi connectivity index (χ0n) is 53.7. The summed E-state index contributed by atoms with van der Waals surface area (Å²) in [5.74, 6) is -0.852. The van der Waals surface area contributed by atoms with Crippen LogP contribution in [0.5, 0.6) is 0 Å². The Hall–Kier alpha value is -2.11. The highest BCUT2D eigenvalue weighted by atomic mass is 16.6. The molecule has 0 spiro atoms. The molecule has 466 valence electrons. The highest BCUT2D eigenvalue weighted by Gasteiger charge is 2.19. The molecule has 0 rings (SSSR count). The van der Waals surface area contributed by atoms with Gasteiger partial charge in [0.25, 0.3) is 0 Å². The zero-order valence-corrected chi connectivity index (χ0v) is 53.7. The molecule has 0 aromatic rings. The maximum Gasteiger partial charge on any atom is 0.306 e. The first-order chi connectivity index (χ1) is 39.0. The molecule has 0 aromatic heterocycles. The van der Waals surface area contributed by atoms with Crippen molar-refractivity contribution in [3.05, 3.63) is 24.3 Å². The van der Waals surface area contributed by atoms with Crippen molar-refractivity contribution >= 4 is 17.9 Å². The topological polar surface area (TPSA) is 78.9 Å². The summed E-state index contributed by atoms with van der Waals surface area (Å²) in [5.41, 5.74) is 0. The van der Waals surface area contributed by atoms with Gasteiger partial charge in [0.1, 0.15) is 13.2 Å². The maximum absolute atomic E-state index is 12.9. The van der Waals surface area contributed by atoms with Crippen LogP contribution in [0.4, 0.5) is 0 Å². The Bertz CT molecular complexity index is 1270. The van der Waals surface area contributed by atoms with E-state index in [1.54, 1.807) is 0 Å². The van der Waals surface area contributed by atoms with Crippen LogP contribution >= 0.6 is 0 Å². The van der Waals surface area contributed by atoms with Crippen molar-refractivity contribution < 1.29 is 28.6 Å². The Morgan fingerprint density at radius 2 is 0.456 bits per heavy atom.